The lowest BCUT2D eigenvalue weighted by atomic mass is 10.2. The number of carbonyl (C=O) groups excluding carboxylic acids is 1. The molecule has 0 saturated carbocycles. The number of rotatable bonds is 8. The Morgan fingerprint density at radius 3 is 2.50 bits per heavy atom. The molecule has 0 heterocycles. The van der Waals surface area contributed by atoms with E-state index in [9.17, 15) is 13.2 Å². The van der Waals surface area contributed by atoms with Crippen molar-refractivity contribution in [2.75, 3.05) is 20.8 Å². The van der Waals surface area contributed by atoms with Gasteiger partial charge in [0, 0.05) is 5.56 Å². The Labute approximate surface area is 152 Å². The number of sulfonamides is 1. The zero-order valence-corrected chi connectivity index (χ0v) is 15.6. The van der Waals surface area contributed by atoms with Crippen LogP contribution in [0.5, 0.6) is 11.5 Å². The van der Waals surface area contributed by atoms with Gasteiger partial charge in [0.05, 0.1) is 19.3 Å². The number of carbonyl (C=O) groups is 1. The molecule has 1 N–H and O–H groups in total. The van der Waals surface area contributed by atoms with Crippen molar-refractivity contribution in [2.24, 2.45) is 0 Å². The van der Waals surface area contributed by atoms with Crippen molar-refractivity contribution < 1.29 is 27.4 Å². The predicted molar refractivity (Wildman–Crippen MR) is 96.0 cm³/mol. The van der Waals surface area contributed by atoms with Crippen LogP contribution < -0.4 is 14.2 Å². The van der Waals surface area contributed by atoms with Crippen molar-refractivity contribution in [3.63, 3.8) is 0 Å². The molecule has 140 valence electrons. The van der Waals surface area contributed by atoms with Crippen molar-refractivity contribution in [1.82, 2.24) is 4.72 Å². The molecule has 0 aliphatic rings. The third-order valence-corrected chi connectivity index (χ3v) is 5.02. The second-order valence-corrected chi connectivity index (χ2v) is 7.05. The Morgan fingerprint density at radius 1 is 1.12 bits per heavy atom. The Balaban J connectivity index is 2.22. The van der Waals surface area contributed by atoms with E-state index in [1.807, 2.05) is 19.1 Å². The van der Waals surface area contributed by atoms with E-state index in [2.05, 4.69) is 4.72 Å². The molecule has 0 spiro atoms. The van der Waals surface area contributed by atoms with Crippen molar-refractivity contribution in [3.05, 3.63) is 53.6 Å². The second kappa shape index (κ2) is 8.68. The molecule has 8 heteroatoms. The van der Waals surface area contributed by atoms with Gasteiger partial charge in [-0.2, -0.15) is 0 Å². The van der Waals surface area contributed by atoms with E-state index in [-0.39, 0.29) is 22.8 Å². The average Bonchev–Trinajstić information content (AvgIpc) is 2.66. The van der Waals surface area contributed by atoms with Crippen molar-refractivity contribution in [1.29, 1.82) is 0 Å². The summed E-state index contributed by atoms with van der Waals surface area (Å²) in [6, 6.07) is 11.3. The first-order valence-electron chi connectivity index (χ1n) is 7.92. The van der Waals surface area contributed by atoms with Crippen LogP contribution in [0.15, 0.2) is 47.4 Å². The molecular formula is C18H21NO6S. The zero-order chi connectivity index (χ0) is 19.2. The fourth-order valence-electron chi connectivity index (χ4n) is 2.27. The van der Waals surface area contributed by atoms with Crippen LogP contribution in [-0.2, 0) is 21.4 Å². The van der Waals surface area contributed by atoms with E-state index in [4.69, 9.17) is 14.2 Å². The van der Waals surface area contributed by atoms with Crippen LogP contribution in [0.1, 0.15) is 22.8 Å². The number of hydrogen-bond acceptors (Lipinski definition) is 6. The molecular weight excluding hydrogens is 358 g/mol. The first kappa shape index (κ1) is 19.7. The normalized spacial score (nSPS) is 11.0. The van der Waals surface area contributed by atoms with Gasteiger partial charge in [-0.15, -0.1) is 0 Å². The highest BCUT2D eigenvalue weighted by Gasteiger charge is 2.21. The van der Waals surface area contributed by atoms with Crippen LogP contribution in [-0.4, -0.2) is 35.2 Å². The van der Waals surface area contributed by atoms with E-state index < -0.39 is 16.0 Å². The summed E-state index contributed by atoms with van der Waals surface area (Å²) in [5.41, 5.74) is 0.827. The van der Waals surface area contributed by atoms with Crippen LogP contribution in [0.2, 0.25) is 0 Å². The van der Waals surface area contributed by atoms with Crippen molar-refractivity contribution in [3.8, 4) is 11.5 Å². The number of hydrogen-bond donors (Lipinski definition) is 1. The highest BCUT2D eigenvalue weighted by molar-refractivity contribution is 7.89. The van der Waals surface area contributed by atoms with Crippen molar-refractivity contribution in [2.45, 2.75) is 18.4 Å². The van der Waals surface area contributed by atoms with Gasteiger partial charge in [0.2, 0.25) is 10.0 Å². The summed E-state index contributed by atoms with van der Waals surface area (Å²) in [5, 5.41) is 0. The molecule has 0 aliphatic heterocycles. The molecule has 0 radical (unpaired) electrons. The van der Waals surface area contributed by atoms with Gasteiger partial charge in [0.1, 0.15) is 23.0 Å². The van der Waals surface area contributed by atoms with Gasteiger partial charge in [0.25, 0.3) is 0 Å². The second-order valence-electron chi connectivity index (χ2n) is 5.19. The maximum absolute atomic E-state index is 12.3. The molecule has 26 heavy (non-hydrogen) atoms. The predicted octanol–water partition coefficient (Wildman–Crippen LogP) is 2.36. The molecule has 0 aliphatic carbocycles. The van der Waals surface area contributed by atoms with Gasteiger partial charge in [-0.3, -0.25) is 0 Å². The summed E-state index contributed by atoms with van der Waals surface area (Å²) in [7, 11) is -1.14. The maximum Gasteiger partial charge on any atom is 0.338 e. The molecule has 2 aromatic rings. The fourth-order valence-corrected chi connectivity index (χ4v) is 3.19. The van der Waals surface area contributed by atoms with E-state index in [1.54, 1.807) is 12.1 Å². The third-order valence-electron chi connectivity index (χ3n) is 3.59. The molecule has 0 unspecified atom stereocenters. The number of nitrogens with one attached hydrogen (secondary N) is 1. The van der Waals surface area contributed by atoms with E-state index in [0.29, 0.717) is 12.4 Å². The van der Waals surface area contributed by atoms with Gasteiger partial charge >= 0.3 is 5.97 Å². The summed E-state index contributed by atoms with van der Waals surface area (Å²) in [4.78, 5) is 12.2. The smallest absolute Gasteiger partial charge is 0.338 e. The monoisotopic (exact) mass is 379 g/mol. The lowest BCUT2D eigenvalue weighted by molar-refractivity contribution is 0.0469. The molecule has 0 bridgehead atoms. The summed E-state index contributed by atoms with van der Waals surface area (Å²) < 4.78 is 42.2. The minimum Gasteiger partial charge on any atom is -0.495 e. The first-order chi connectivity index (χ1) is 12.4. The Kier molecular flexibility index (Phi) is 6.59. The lowest BCUT2D eigenvalue weighted by Crippen LogP contribution is -2.20. The third kappa shape index (κ3) is 4.53. The molecule has 2 aromatic carbocycles. The van der Waals surface area contributed by atoms with Gasteiger partial charge in [-0.25, -0.2) is 17.9 Å². The summed E-state index contributed by atoms with van der Waals surface area (Å²) >= 11 is 0. The summed E-state index contributed by atoms with van der Waals surface area (Å²) in [5.74, 6) is 0.125. The highest BCUT2D eigenvalue weighted by Crippen LogP contribution is 2.25. The quantitative estimate of drug-likeness (QED) is 0.708. The molecule has 0 fully saturated rings. The number of benzene rings is 2. The zero-order valence-electron chi connectivity index (χ0n) is 14.8. The fraction of sp³-hybridized carbons (Fsp3) is 0.278. The number of methoxy groups -OCH3 is 1. The first-order valence-corrected chi connectivity index (χ1v) is 9.40. The van der Waals surface area contributed by atoms with Gasteiger partial charge in [0.15, 0.2) is 0 Å². The molecule has 0 saturated heterocycles. The van der Waals surface area contributed by atoms with Crippen LogP contribution in [0.3, 0.4) is 0 Å². The lowest BCUT2D eigenvalue weighted by Gasteiger charge is -2.12. The minimum absolute atomic E-state index is 0.00907. The highest BCUT2D eigenvalue weighted by atomic mass is 32.2. The maximum atomic E-state index is 12.3. The SMILES string of the molecule is CCOc1ccccc1COC(=O)c1ccc(OC)c(S(=O)(=O)NC)c1. The topological polar surface area (TPSA) is 90.9 Å². The Bertz CT molecular complexity index is 879. The Hall–Kier alpha value is -2.58. The number of esters is 1. The van der Waals surface area contributed by atoms with Crippen LogP contribution in [0, 0.1) is 0 Å². The number of ether oxygens (including phenoxy) is 3. The van der Waals surface area contributed by atoms with Crippen LogP contribution in [0.4, 0.5) is 0 Å². The summed E-state index contributed by atoms with van der Waals surface area (Å²) in [6.45, 7) is 2.37. The molecule has 0 amide bonds. The summed E-state index contributed by atoms with van der Waals surface area (Å²) in [6.07, 6.45) is 0. The molecule has 0 aromatic heterocycles. The standard InChI is InChI=1S/C18H21NO6S/c1-4-24-15-8-6-5-7-14(15)12-25-18(20)13-9-10-16(23-3)17(11-13)26(21,22)19-2/h5-11,19H,4,12H2,1-3H3. The van der Waals surface area contributed by atoms with Gasteiger partial charge in [-0.1, -0.05) is 18.2 Å². The molecule has 2 rings (SSSR count). The Morgan fingerprint density at radius 2 is 1.85 bits per heavy atom. The van der Waals surface area contributed by atoms with Gasteiger partial charge < -0.3 is 14.2 Å². The average molecular weight is 379 g/mol. The number of para-hydroxylation sites is 1. The largest absolute Gasteiger partial charge is 0.495 e. The van der Waals surface area contributed by atoms with E-state index >= 15 is 0 Å². The van der Waals surface area contributed by atoms with E-state index in [0.717, 1.165) is 5.56 Å². The minimum atomic E-state index is -3.78. The van der Waals surface area contributed by atoms with Gasteiger partial charge in [-0.05, 0) is 38.2 Å². The molecule has 0 atom stereocenters. The van der Waals surface area contributed by atoms with E-state index in [1.165, 1.54) is 32.4 Å². The van der Waals surface area contributed by atoms with Crippen molar-refractivity contribution >= 4 is 16.0 Å². The van der Waals surface area contributed by atoms with Crippen LogP contribution in [0.25, 0.3) is 0 Å². The molecule has 7 nitrogen and oxygen atoms in total. The van der Waals surface area contributed by atoms with Crippen LogP contribution >= 0.6 is 0 Å².